The largest absolute Gasteiger partial charge is 0.349 e. The van der Waals surface area contributed by atoms with Gasteiger partial charge in [-0.05, 0) is 36.8 Å². The molecule has 1 saturated carbocycles. The first-order chi connectivity index (χ1) is 11.7. The summed E-state index contributed by atoms with van der Waals surface area (Å²) < 4.78 is 0. The minimum Gasteiger partial charge on any atom is -0.349 e. The minimum absolute atomic E-state index is 0.0177. The molecule has 6 nitrogen and oxygen atoms in total. The fourth-order valence-electron chi connectivity index (χ4n) is 3.48. The van der Waals surface area contributed by atoms with Crippen LogP contribution >= 0.6 is 11.3 Å². The molecule has 24 heavy (non-hydrogen) atoms. The highest BCUT2D eigenvalue weighted by Gasteiger charge is 2.56. The number of carbonyl (C=O) groups is 2. The molecule has 0 bridgehead atoms. The van der Waals surface area contributed by atoms with E-state index in [0.717, 1.165) is 32.4 Å². The Morgan fingerprint density at radius 2 is 2.00 bits per heavy atom. The summed E-state index contributed by atoms with van der Waals surface area (Å²) in [6.45, 7) is 1.47. The van der Waals surface area contributed by atoms with Gasteiger partial charge in [0.05, 0.1) is 5.51 Å². The molecular formula is C17H18N4O2S. The summed E-state index contributed by atoms with van der Waals surface area (Å²) in [6, 6.07) is 3.66. The average molecular weight is 342 g/mol. The summed E-state index contributed by atoms with van der Waals surface area (Å²) in [5.74, 6) is -0.0237. The van der Waals surface area contributed by atoms with Gasteiger partial charge in [0.15, 0.2) is 0 Å². The van der Waals surface area contributed by atoms with Crippen LogP contribution in [-0.4, -0.2) is 45.8 Å². The molecule has 7 heteroatoms. The molecule has 4 rings (SSSR count). The second kappa shape index (κ2) is 5.98. The zero-order valence-electron chi connectivity index (χ0n) is 13.1. The Bertz CT molecular complexity index is 739. The summed E-state index contributed by atoms with van der Waals surface area (Å²) in [7, 11) is 0. The van der Waals surface area contributed by atoms with Crippen molar-refractivity contribution in [3.8, 4) is 0 Å². The molecule has 0 aromatic carbocycles. The van der Waals surface area contributed by atoms with Crippen LogP contribution in [0.15, 0.2) is 35.4 Å². The maximum absolute atomic E-state index is 12.3. The molecule has 0 radical (unpaired) electrons. The van der Waals surface area contributed by atoms with Gasteiger partial charge in [-0.15, -0.1) is 11.3 Å². The first-order valence-electron chi connectivity index (χ1n) is 8.06. The summed E-state index contributed by atoms with van der Waals surface area (Å²) in [5, 5.41) is 4.91. The number of piperidine rings is 1. The minimum atomic E-state index is -0.0414. The van der Waals surface area contributed by atoms with Gasteiger partial charge < -0.3 is 10.2 Å². The third-order valence-electron chi connectivity index (χ3n) is 5.14. The first-order valence-corrected chi connectivity index (χ1v) is 9.01. The van der Waals surface area contributed by atoms with E-state index in [2.05, 4.69) is 15.3 Å². The molecule has 1 N–H and O–H groups in total. The Morgan fingerprint density at radius 3 is 2.67 bits per heavy atom. The number of pyridine rings is 1. The highest BCUT2D eigenvalue weighted by atomic mass is 32.1. The van der Waals surface area contributed by atoms with Crippen molar-refractivity contribution in [3.63, 3.8) is 0 Å². The van der Waals surface area contributed by atoms with Crippen molar-refractivity contribution in [2.24, 2.45) is 5.41 Å². The Hall–Kier alpha value is -2.28. The summed E-state index contributed by atoms with van der Waals surface area (Å²) in [5.41, 5.74) is 3.03. The van der Waals surface area contributed by atoms with Gasteiger partial charge in [0, 0.05) is 42.5 Å². The van der Waals surface area contributed by atoms with Gasteiger partial charge in [0.2, 0.25) is 0 Å². The maximum atomic E-state index is 12.3. The lowest BCUT2D eigenvalue weighted by Crippen LogP contribution is -2.41. The van der Waals surface area contributed by atoms with Crippen molar-refractivity contribution in [1.29, 1.82) is 0 Å². The molecule has 3 heterocycles. The lowest BCUT2D eigenvalue weighted by molar-refractivity contribution is 0.0663. The van der Waals surface area contributed by atoms with Gasteiger partial charge in [-0.2, -0.15) is 0 Å². The molecule has 1 spiro atoms. The van der Waals surface area contributed by atoms with Gasteiger partial charge in [-0.1, -0.05) is 0 Å². The van der Waals surface area contributed by atoms with Gasteiger partial charge >= 0.3 is 0 Å². The van der Waals surface area contributed by atoms with E-state index in [0.29, 0.717) is 11.3 Å². The van der Waals surface area contributed by atoms with E-state index in [1.807, 2.05) is 4.90 Å². The summed E-state index contributed by atoms with van der Waals surface area (Å²) in [6.07, 6.45) is 6.12. The second-order valence-corrected chi connectivity index (χ2v) is 7.21. The monoisotopic (exact) mass is 342 g/mol. The molecule has 1 unspecified atom stereocenters. The molecule has 124 valence electrons. The van der Waals surface area contributed by atoms with Crippen LogP contribution in [0.2, 0.25) is 0 Å². The highest BCUT2D eigenvalue weighted by Crippen LogP contribution is 2.54. The predicted octanol–water partition coefficient (Wildman–Crippen LogP) is 1.96. The maximum Gasteiger partial charge on any atom is 0.273 e. The fraction of sp³-hybridized carbons (Fsp3) is 0.412. The van der Waals surface area contributed by atoms with E-state index in [1.54, 1.807) is 35.4 Å². The van der Waals surface area contributed by atoms with Crippen molar-refractivity contribution in [3.05, 3.63) is 46.7 Å². The predicted molar refractivity (Wildman–Crippen MR) is 89.8 cm³/mol. The molecule has 1 saturated heterocycles. The molecule has 2 aromatic heterocycles. The molecule has 2 amide bonds. The first kappa shape index (κ1) is 15.3. The highest BCUT2D eigenvalue weighted by molar-refractivity contribution is 7.07. The van der Waals surface area contributed by atoms with Crippen LogP contribution in [0.4, 0.5) is 0 Å². The van der Waals surface area contributed by atoms with Crippen molar-refractivity contribution in [2.75, 3.05) is 13.1 Å². The number of aromatic nitrogens is 2. The topological polar surface area (TPSA) is 75.2 Å². The van der Waals surface area contributed by atoms with E-state index in [9.17, 15) is 9.59 Å². The van der Waals surface area contributed by atoms with Crippen molar-refractivity contribution >= 4 is 23.2 Å². The van der Waals surface area contributed by atoms with Crippen molar-refractivity contribution in [1.82, 2.24) is 20.2 Å². The van der Waals surface area contributed by atoms with Crippen LogP contribution in [0, 0.1) is 5.41 Å². The Labute approximate surface area is 143 Å². The number of thiazole rings is 1. The molecular weight excluding hydrogens is 324 g/mol. The van der Waals surface area contributed by atoms with E-state index in [-0.39, 0.29) is 23.3 Å². The van der Waals surface area contributed by atoms with Gasteiger partial charge in [-0.25, -0.2) is 4.98 Å². The second-order valence-electron chi connectivity index (χ2n) is 6.49. The molecule has 1 atom stereocenters. The van der Waals surface area contributed by atoms with Crippen LogP contribution in [0.5, 0.6) is 0 Å². The van der Waals surface area contributed by atoms with Crippen LogP contribution in [-0.2, 0) is 0 Å². The third-order valence-corrected chi connectivity index (χ3v) is 5.72. The van der Waals surface area contributed by atoms with Crippen LogP contribution in [0.25, 0.3) is 0 Å². The fourth-order valence-corrected chi connectivity index (χ4v) is 4.01. The van der Waals surface area contributed by atoms with Crippen LogP contribution in [0.1, 0.15) is 40.1 Å². The number of nitrogens with one attached hydrogen (secondary N) is 1. The zero-order chi connectivity index (χ0) is 16.6. The Balaban J connectivity index is 1.32. The number of rotatable bonds is 3. The van der Waals surface area contributed by atoms with Gasteiger partial charge in [0.1, 0.15) is 5.69 Å². The SMILES string of the molecule is O=C(NC1CC12CCN(C(=O)c1cscn1)CC2)c1ccncc1. The third kappa shape index (κ3) is 2.80. The number of nitrogens with zero attached hydrogens (tertiary/aromatic N) is 3. The van der Waals surface area contributed by atoms with Gasteiger partial charge in [0.25, 0.3) is 11.8 Å². The summed E-state index contributed by atoms with van der Waals surface area (Å²) >= 11 is 1.44. The average Bonchev–Trinajstić information content (AvgIpc) is 3.03. The van der Waals surface area contributed by atoms with E-state index in [1.165, 1.54) is 11.3 Å². The summed E-state index contributed by atoms with van der Waals surface area (Å²) in [4.78, 5) is 34.5. The molecule has 2 aromatic rings. The number of carbonyl (C=O) groups excluding carboxylic acids is 2. The lowest BCUT2D eigenvalue weighted by Gasteiger charge is -2.32. The quantitative estimate of drug-likeness (QED) is 0.925. The molecule has 1 aliphatic carbocycles. The number of amides is 2. The van der Waals surface area contributed by atoms with E-state index in [4.69, 9.17) is 0 Å². The molecule has 1 aliphatic heterocycles. The number of hydrogen-bond acceptors (Lipinski definition) is 5. The van der Waals surface area contributed by atoms with Crippen molar-refractivity contribution in [2.45, 2.75) is 25.3 Å². The number of likely N-dealkylation sites (tertiary alicyclic amines) is 1. The Kier molecular flexibility index (Phi) is 3.80. The van der Waals surface area contributed by atoms with Gasteiger partial charge in [-0.3, -0.25) is 14.6 Å². The molecule has 2 fully saturated rings. The normalized spacial score (nSPS) is 21.5. The van der Waals surface area contributed by atoms with E-state index < -0.39 is 0 Å². The van der Waals surface area contributed by atoms with Crippen LogP contribution in [0.3, 0.4) is 0 Å². The lowest BCUT2D eigenvalue weighted by atomic mass is 9.92. The molecule has 2 aliphatic rings. The van der Waals surface area contributed by atoms with Crippen LogP contribution < -0.4 is 5.32 Å². The van der Waals surface area contributed by atoms with Crippen molar-refractivity contribution < 1.29 is 9.59 Å². The van der Waals surface area contributed by atoms with E-state index >= 15 is 0 Å². The standard InChI is InChI=1S/C17H18N4O2S/c22-15(12-1-5-18-6-2-12)20-14-9-17(14)3-7-21(8-4-17)16(23)13-10-24-11-19-13/h1-2,5-6,10-11,14H,3-4,7-9H2,(H,20,22). The zero-order valence-corrected chi connectivity index (χ0v) is 14.0. The smallest absolute Gasteiger partial charge is 0.273 e. The Morgan fingerprint density at radius 1 is 1.25 bits per heavy atom. The number of hydrogen-bond donors (Lipinski definition) is 1.